The van der Waals surface area contributed by atoms with Gasteiger partial charge in [0.2, 0.25) is 0 Å². The number of aliphatic hydroxyl groups is 1. The number of carbonyl (C=O) groups is 1. The number of benzene rings is 1. The SMILES string of the molecule is CC(O)COc1c(Cl)cc(Cl)cc1C=O. The summed E-state index contributed by atoms with van der Waals surface area (Å²) in [4.78, 5) is 10.7. The van der Waals surface area contributed by atoms with Crippen LogP contribution in [0.2, 0.25) is 10.0 Å². The van der Waals surface area contributed by atoms with E-state index in [2.05, 4.69) is 0 Å². The van der Waals surface area contributed by atoms with Gasteiger partial charge < -0.3 is 9.84 Å². The largest absolute Gasteiger partial charge is 0.489 e. The van der Waals surface area contributed by atoms with Gasteiger partial charge in [0.25, 0.3) is 0 Å². The third-order valence-corrected chi connectivity index (χ3v) is 2.13. The zero-order chi connectivity index (χ0) is 11.4. The van der Waals surface area contributed by atoms with Crippen LogP contribution in [-0.2, 0) is 0 Å². The molecule has 1 unspecified atom stereocenters. The summed E-state index contributed by atoms with van der Waals surface area (Å²) in [6.07, 6.45) is -0.0222. The lowest BCUT2D eigenvalue weighted by atomic mass is 10.2. The topological polar surface area (TPSA) is 46.5 Å². The maximum Gasteiger partial charge on any atom is 0.153 e. The summed E-state index contributed by atoms with van der Waals surface area (Å²) in [5, 5.41) is 9.66. The van der Waals surface area contributed by atoms with Crippen LogP contribution in [0, 0.1) is 0 Å². The second-order valence-electron chi connectivity index (χ2n) is 3.08. The Labute approximate surface area is 97.6 Å². The number of carbonyl (C=O) groups excluding carboxylic acids is 1. The Morgan fingerprint density at radius 3 is 2.73 bits per heavy atom. The van der Waals surface area contributed by atoms with Gasteiger partial charge in [-0.15, -0.1) is 0 Å². The third kappa shape index (κ3) is 3.38. The van der Waals surface area contributed by atoms with Crippen LogP contribution in [0.4, 0.5) is 0 Å². The highest BCUT2D eigenvalue weighted by Crippen LogP contribution is 2.31. The Kier molecular flexibility index (Phi) is 4.39. The van der Waals surface area contributed by atoms with E-state index in [1.54, 1.807) is 6.92 Å². The molecule has 0 aromatic heterocycles. The molecule has 0 heterocycles. The highest BCUT2D eigenvalue weighted by Gasteiger charge is 2.11. The highest BCUT2D eigenvalue weighted by atomic mass is 35.5. The van der Waals surface area contributed by atoms with Crippen molar-refractivity contribution >= 4 is 29.5 Å². The van der Waals surface area contributed by atoms with Gasteiger partial charge in [0.1, 0.15) is 12.4 Å². The molecule has 0 amide bonds. The van der Waals surface area contributed by atoms with E-state index < -0.39 is 6.10 Å². The number of hydrogen-bond acceptors (Lipinski definition) is 3. The Balaban J connectivity index is 2.99. The summed E-state index contributed by atoms with van der Waals surface area (Å²) >= 11 is 11.6. The summed E-state index contributed by atoms with van der Waals surface area (Å²) in [5.41, 5.74) is 0.271. The van der Waals surface area contributed by atoms with Gasteiger partial charge in [-0.3, -0.25) is 4.79 Å². The summed E-state index contributed by atoms with van der Waals surface area (Å²) in [6.45, 7) is 1.65. The number of aliphatic hydroxyl groups excluding tert-OH is 1. The minimum atomic E-state index is -0.628. The molecule has 0 radical (unpaired) electrons. The molecule has 0 aliphatic heterocycles. The van der Waals surface area contributed by atoms with Crippen molar-refractivity contribution in [3.05, 3.63) is 27.7 Å². The molecule has 1 aromatic carbocycles. The molecule has 3 nitrogen and oxygen atoms in total. The van der Waals surface area contributed by atoms with Crippen molar-refractivity contribution in [3.8, 4) is 5.75 Å². The van der Waals surface area contributed by atoms with E-state index in [0.29, 0.717) is 11.3 Å². The first-order valence-electron chi connectivity index (χ1n) is 4.29. The van der Waals surface area contributed by atoms with Crippen molar-refractivity contribution in [2.75, 3.05) is 6.61 Å². The molecular weight excluding hydrogens is 239 g/mol. The molecule has 82 valence electrons. The summed E-state index contributed by atoms with van der Waals surface area (Å²) < 4.78 is 5.20. The van der Waals surface area contributed by atoms with Crippen LogP contribution in [-0.4, -0.2) is 24.1 Å². The zero-order valence-electron chi connectivity index (χ0n) is 8.04. The van der Waals surface area contributed by atoms with Crippen molar-refractivity contribution in [3.63, 3.8) is 0 Å². The van der Waals surface area contributed by atoms with Gasteiger partial charge in [-0.25, -0.2) is 0 Å². The first kappa shape index (κ1) is 12.3. The monoisotopic (exact) mass is 248 g/mol. The number of aldehydes is 1. The Morgan fingerprint density at radius 2 is 2.20 bits per heavy atom. The molecule has 0 bridgehead atoms. The molecule has 0 aliphatic carbocycles. The van der Waals surface area contributed by atoms with Crippen LogP contribution in [0.5, 0.6) is 5.75 Å². The van der Waals surface area contributed by atoms with Crippen LogP contribution < -0.4 is 4.74 Å². The van der Waals surface area contributed by atoms with Gasteiger partial charge in [0, 0.05) is 5.02 Å². The average Bonchev–Trinajstić information content (AvgIpc) is 2.14. The molecule has 1 N–H and O–H groups in total. The van der Waals surface area contributed by atoms with E-state index in [0.717, 1.165) is 0 Å². The zero-order valence-corrected chi connectivity index (χ0v) is 9.55. The van der Waals surface area contributed by atoms with Crippen molar-refractivity contribution < 1.29 is 14.6 Å². The molecule has 0 saturated heterocycles. The highest BCUT2D eigenvalue weighted by molar-refractivity contribution is 6.36. The van der Waals surface area contributed by atoms with Gasteiger partial charge >= 0.3 is 0 Å². The van der Waals surface area contributed by atoms with E-state index in [4.69, 9.17) is 33.0 Å². The van der Waals surface area contributed by atoms with Crippen LogP contribution in [0.1, 0.15) is 17.3 Å². The normalized spacial score (nSPS) is 12.3. The minimum Gasteiger partial charge on any atom is -0.489 e. The quantitative estimate of drug-likeness (QED) is 0.834. The van der Waals surface area contributed by atoms with Gasteiger partial charge in [-0.05, 0) is 19.1 Å². The van der Waals surface area contributed by atoms with E-state index in [1.165, 1.54) is 12.1 Å². The lowest BCUT2D eigenvalue weighted by Crippen LogP contribution is -2.13. The molecule has 5 heteroatoms. The first-order chi connectivity index (χ1) is 7.04. The van der Waals surface area contributed by atoms with Gasteiger partial charge in [0.15, 0.2) is 6.29 Å². The Bertz CT molecular complexity index is 364. The van der Waals surface area contributed by atoms with Crippen molar-refractivity contribution in [2.45, 2.75) is 13.0 Å². The molecule has 15 heavy (non-hydrogen) atoms. The first-order valence-corrected chi connectivity index (χ1v) is 5.05. The lowest BCUT2D eigenvalue weighted by molar-refractivity contribution is 0.109. The predicted molar refractivity (Wildman–Crippen MR) is 59.0 cm³/mol. The number of halogens is 2. The summed E-state index contributed by atoms with van der Waals surface area (Å²) in [7, 11) is 0. The minimum absolute atomic E-state index is 0.0716. The van der Waals surface area contributed by atoms with E-state index in [-0.39, 0.29) is 22.9 Å². The van der Waals surface area contributed by atoms with Crippen molar-refractivity contribution in [2.24, 2.45) is 0 Å². The van der Waals surface area contributed by atoms with Gasteiger partial charge in [0.05, 0.1) is 16.7 Å². The van der Waals surface area contributed by atoms with Gasteiger partial charge in [-0.2, -0.15) is 0 Å². The molecule has 0 aliphatic rings. The second-order valence-corrected chi connectivity index (χ2v) is 3.93. The maximum absolute atomic E-state index is 10.7. The number of ether oxygens (including phenoxy) is 1. The molecule has 1 aromatic rings. The fourth-order valence-electron chi connectivity index (χ4n) is 1.02. The van der Waals surface area contributed by atoms with Crippen LogP contribution >= 0.6 is 23.2 Å². The van der Waals surface area contributed by atoms with Crippen LogP contribution in [0.25, 0.3) is 0 Å². The molecule has 0 fully saturated rings. The Hall–Kier alpha value is -0.770. The number of hydrogen-bond donors (Lipinski definition) is 1. The van der Waals surface area contributed by atoms with Gasteiger partial charge in [-0.1, -0.05) is 23.2 Å². The molecule has 1 atom stereocenters. The Morgan fingerprint density at radius 1 is 1.53 bits per heavy atom. The second kappa shape index (κ2) is 5.35. The summed E-state index contributed by atoms with van der Waals surface area (Å²) in [5.74, 6) is 0.247. The fraction of sp³-hybridized carbons (Fsp3) is 0.300. The van der Waals surface area contributed by atoms with E-state index in [1.807, 2.05) is 0 Å². The fourth-order valence-corrected chi connectivity index (χ4v) is 1.59. The third-order valence-electron chi connectivity index (χ3n) is 1.63. The van der Waals surface area contributed by atoms with Crippen molar-refractivity contribution in [1.82, 2.24) is 0 Å². The molecule has 0 spiro atoms. The maximum atomic E-state index is 10.7. The molecular formula is C10H10Cl2O3. The van der Waals surface area contributed by atoms with Crippen LogP contribution in [0.3, 0.4) is 0 Å². The van der Waals surface area contributed by atoms with Crippen molar-refractivity contribution in [1.29, 1.82) is 0 Å². The molecule has 0 saturated carbocycles. The average molecular weight is 249 g/mol. The van der Waals surface area contributed by atoms with E-state index >= 15 is 0 Å². The van der Waals surface area contributed by atoms with Crippen LogP contribution in [0.15, 0.2) is 12.1 Å². The molecule has 1 rings (SSSR count). The lowest BCUT2D eigenvalue weighted by Gasteiger charge is -2.11. The summed E-state index contributed by atoms with van der Waals surface area (Å²) in [6, 6.07) is 2.94. The standard InChI is InChI=1S/C10H10Cl2O3/c1-6(14)5-15-10-7(4-13)2-8(11)3-9(10)12/h2-4,6,14H,5H2,1H3. The number of rotatable bonds is 4. The van der Waals surface area contributed by atoms with E-state index in [9.17, 15) is 4.79 Å². The predicted octanol–water partition coefficient (Wildman–Crippen LogP) is 2.57. The smallest absolute Gasteiger partial charge is 0.153 e.